The predicted octanol–water partition coefficient (Wildman–Crippen LogP) is -1.57. The zero-order valence-corrected chi connectivity index (χ0v) is 7.12. The molecule has 4 nitrogen and oxygen atoms in total. The van der Waals surface area contributed by atoms with Crippen LogP contribution in [0.4, 0.5) is 0 Å². The third-order valence-corrected chi connectivity index (χ3v) is 1.23. The topological polar surface area (TPSA) is 80.5 Å². The van der Waals surface area contributed by atoms with E-state index in [1.54, 1.807) is 19.1 Å². The van der Waals surface area contributed by atoms with Gasteiger partial charge in [-0.1, -0.05) is 6.08 Å². The summed E-state index contributed by atoms with van der Waals surface area (Å²) in [6.45, 7) is 5.29. The first-order valence-electron chi connectivity index (χ1n) is 3.63. The molecule has 0 spiro atoms. The van der Waals surface area contributed by atoms with E-state index in [-0.39, 0.29) is 12.4 Å². The summed E-state index contributed by atoms with van der Waals surface area (Å²) in [5.41, 5.74) is 5.41. The van der Waals surface area contributed by atoms with Crippen molar-refractivity contribution in [2.24, 2.45) is 5.73 Å². The lowest BCUT2D eigenvalue weighted by Crippen LogP contribution is -2.74. The van der Waals surface area contributed by atoms with E-state index in [4.69, 9.17) is 10.8 Å². The summed E-state index contributed by atoms with van der Waals surface area (Å²) >= 11 is 0. The molecule has 0 heterocycles. The first-order chi connectivity index (χ1) is 5.61. The summed E-state index contributed by atoms with van der Waals surface area (Å²) in [5, 5.41) is 18.2. The van der Waals surface area contributed by atoms with E-state index in [9.17, 15) is 5.11 Å². The van der Waals surface area contributed by atoms with Gasteiger partial charge in [0.05, 0.1) is 0 Å². The largest absolute Gasteiger partial charge is 0.462 e. The first kappa shape index (κ1) is 10.9. The van der Waals surface area contributed by atoms with Crippen LogP contribution in [0.2, 0.25) is 0 Å². The van der Waals surface area contributed by atoms with Gasteiger partial charge in [0.1, 0.15) is 6.54 Å². The van der Waals surface area contributed by atoms with E-state index in [1.165, 1.54) is 0 Å². The van der Waals surface area contributed by atoms with Gasteiger partial charge in [0.2, 0.25) is 5.70 Å². The summed E-state index contributed by atoms with van der Waals surface area (Å²) in [5.74, 6) is -0.108. The lowest BCUT2D eigenvalue weighted by molar-refractivity contribution is -0.418. The number of allylic oxidation sites excluding steroid dienone is 1. The quantitative estimate of drug-likeness (QED) is 0.234. The molecule has 0 aromatic rings. The predicted molar refractivity (Wildman–Crippen MR) is 47.6 cm³/mol. The highest BCUT2D eigenvalue weighted by Crippen LogP contribution is 1.89. The molecule has 5 N–H and O–H groups in total. The Hall–Kier alpha value is -1.13. The lowest BCUT2D eigenvalue weighted by Gasteiger charge is -1.98. The number of hydrogen-bond donors (Lipinski definition) is 4. The summed E-state index contributed by atoms with van der Waals surface area (Å²) in [6.07, 6.45) is 2.43. The second-order valence-electron chi connectivity index (χ2n) is 2.27. The molecule has 0 saturated heterocycles. The van der Waals surface area contributed by atoms with Crippen LogP contribution in [-0.2, 0) is 0 Å². The van der Waals surface area contributed by atoms with Crippen LogP contribution >= 0.6 is 0 Å². The van der Waals surface area contributed by atoms with Crippen LogP contribution in [0.15, 0.2) is 24.4 Å². The van der Waals surface area contributed by atoms with Crippen molar-refractivity contribution in [3.63, 3.8) is 0 Å². The zero-order valence-electron chi connectivity index (χ0n) is 7.12. The molecule has 0 unspecified atom stereocenters. The van der Waals surface area contributed by atoms with E-state index in [1.807, 2.05) is 0 Å². The van der Waals surface area contributed by atoms with Gasteiger partial charge in [-0.2, -0.15) is 4.99 Å². The van der Waals surface area contributed by atoms with Gasteiger partial charge in [0.25, 0.3) is 0 Å². The molecule has 0 aliphatic heterocycles. The zero-order chi connectivity index (χ0) is 9.56. The second-order valence-corrected chi connectivity index (χ2v) is 2.27. The van der Waals surface area contributed by atoms with Crippen molar-refractivity contribution in [3.05, 3.63) is 24.4 Å². The highest BCUT2D eigenvalue weighted by molar-refractivity contribution is 5.69. The van der Waals surface area contributed by atoms with E-state index >= 15 is 0 Å². The molecule has 0 rings (SSSR count). The maximum absolute atomic E-state index is 9.25. The van der Waals surface area contributed by atoms with Crippen LogP contribution in [-0.4, -0.2) is 28.8 Å². The summed E-state index contributed by atoms with van der Waals surface area (Å²) in [7, 11) is 0. The molecule has 0 saturated carbocycles. The average Bonchev–Trinajstić information content (AvgIpc) is 2.04. The van der Waals surface area contributed by atoms with E-state index in [2.05, 4.69) is 11.6 Å². The van der Waals surface area contributed by atoms with Gasteiger partial charge in [-0.3, -0.25) is 0 Å². The van der Waals surface area contributed by atoms with Gasteiger partial charge in [0.15, 0.2) is 6.10 Å². The maximum Gasteiger partial charge on any atom is 0.351 e. The van der Waals surface area contributed by atoms with Gasteiger partial charge in [0, 0.05) is 0 Å². The molecule has 68 valence electrons. The second kappa shape index (κ2) is 5.51. The minimum Gasteiger partial charge on any atom is -0.462 e. The van der Waals surface area contributed by atoms with Crippen molar-refractivity contribution in [2.75, 3.05) is 6.54 Å². The van der Waals surface area contributed by atoms with Crippen LogP contribution in [0.5, 0.6) is 0 Å². The standard InChI is InChI=1S/C8H14N2O2/c1-3-4-7(11)6(2)10-8(12)5-9/h3-4,7,11H,2,5,9H2,1H3,(H,10,12)/p+1/b4-3+/t7-/m1/s1. The molecular weight excluding hydrogens is 156 g/mol. The van der Waals surface area contributed by atoms with Gasteiger partial charge in [-0.05, 0) is 19.6 Å². The number of nitrogens with two attached hydrogens (primary N) is 1. The number of aliphatic hydroxyl groups is 2. The molecule has 0 aromatic heterocycles. The van der Waals surface area contributed by atoms with Crippen LogP contribution in [0, 0.1) is 0 Å². The normalized spacial score (nSPS) is 15.1. The Balaban J connectivity index is 4.21. The van der Waals surface area contributed by atoms with Crippen molar-refractivity contribution >= 4 is 5.90 Å². The molecule has 0 aliphatic carbocycles. The minimum absolute atomic E-state index is 0.00157. The van der Waals surface area contributed by atoms with Crippen molar-refractivity contribution in [1.82, 2.24) is 0 Å². The number of hydrogen-bond acceptors (Lipinski definition) is 2. The van der Waals surface area contributed by atoms with E-state index < -0.39 is 6.10 Å². The summed E-state index contributed by atoms with van der Waals surface area (Å²) < 4.78 is 0. The smallest absolute Gasteiger partial charge is 0.351 e. The SMILES string of the molecule is C=C([NH+]=C(O)CN)[C@H](O)/C=C/C. The van der Waals surface area contributed by atoms with Crippen molar-refractivity contribution < 1.29 is 15.2 Å². The van der Waals surface area contributed by atoms with Crippen LogP contribution < -0.4 is 10.7 Å². The molecule has 12 heavy (non-hydrogen) atoms. The molecule has 0 amide bonds. The average molecular weight is 171 g/mol. The van der Waals surface area contributed by atoms with Crippen molar-refractivity contribution in [2.45, 2.75) is 13.0 Å². The minimum atomic E-state index is -0.802. The molecule has 0 bridgehead atoms. The summed E-state index contributed by atoms with van der Waals surface area (Å²) in [6, 6.07) is 0. The van der Waals surface area contributed by atoms with Gasteiger partial charge >= 0.3 is 5.90 Å². The summed E-state index contributed by atoms with van der Waals surface area (Å²) in [4.78, 5) is 2.47. The van der Waals surface area contributed by atoms with E-state index in [0.29, 0.717) is 5.70 Å². The van der Waals surface area contributed by atoms with Crippen LogP contribution in [0.1, 0.15) is 6.92 Å². The van der Waals surface area contributed by atoms with E-state index in [0.717, 1.165) is 0 Å². The van der Waals surface area contributed by atoms with Crippen LogP contribution in [0.25, 0.3) is 0 Å². The van der Waals surface area contributed by atoms with Crippen LogP contribution in [0.3, 0.4) is 0 Å². The molecule has 0 fully saturated rings. The fourth-order valence-corrected chi connectivity index (χ4v) is 0.609. The number of rotatable bonds is 4. The Morgan fingerprint density at radius 1 is 1.75 bits per heavy atom. The Morgan fingerprint density at radius 2 is 2.33 bits per heavy atom. The molecular formula is C8H15N2O2+. The molecule has 0 aliphatic rings. The number of aliphatic hydroxyl groups excluding tert-OH is 2. The molecule has 0 radical (unpaired) electrons. The Kier molecular flexibility index (Phi) is 4.99. The lowest BCUT2D eigenvalue weighted by atomic mass is 10.2. The fourth-order valence-electron chi connectivity index (χ4n) is 0.609. The third kappa shape index (κ3) is 3.90. The Morgan fingerprint density at radius 3 is 2.75 bits per heavy atom. The van der Waals surface area contributed by atoms with Gasteiger partial charge in [-0.15, -0.1) is 0 Å². The maximum atomic E-state index is 9.25. The highest BCUT2D eigenvalue weighted by atomic mass is 16.3. The molecule has 4 heteroatoms. The van der Waals surface area contributed by atoms with Crippen molar-refractivity contribution in [3.8, 4) is 0 Å². The number of nitrogens with one attached hydrogen (secondary N) is 1. The molecule has 1 atom stereocenters. The monoisotopic (exact) mass is 171 g/mol. The third-order valence-electron chi connectivity index (χ3n) is 1.23. The first-order valence-corrected chi connectivity index (χ1v) is 3.63. The van der Waals surface area contributed by atoms with Crippen molar-refractivity contribution in [1.29, 1.82) is 0 Å². The fraction of sp³-hybridized carbons (Fsp3) is 0.375. The Bertz CT molecular complexity index is 209. The van der Waals surface area contributed by atoms with Gasteiger partial charge in [-0.25, -0.2) is 0 Å². The van der Waals surface area contributed by atoms with Gasteiger partial charge < -0.3 is 15.9 Å². The molecule has 0 aromatic carbocycles. The highest BCUT2D eigenvalue weighted by Gasteiger charge is 2.10. The Labute approximate surface area is 71.7 Å².